The first kappa shape index (κ1) is 13.3. The zero-order valence-corrected chi connectivity index (χ0v) is 10.9. The van der Waals surface area contributed by atoms with Gasteiger partial charge in [-0.3, -0.25) is 0 Å². The van der Waals surface area contributed by atoms with E-state index in [-0.39, 0.29) is 0 Å². The van der Waals surface area contributed by atoms with Crippen molar-refractivity contribution >= 4 is 17.3 Å². The van der Waals surface area contributed by atoms with Gasteiger partial charge in [0.1, 0.15) is 29.6 Å². The maximum absolute atomic E-state index is 8.99. The summed E-state index contributed by atoms with van der Waals surface area (Å²) in [6.07, 6.45) is 0.677. The van der Waals surface area contributed by atoms with Crippen molar-refractivity contribution in [3.05, 3.63) is 41.2 Å². The van der Waals surface area contributed by atoms with E-state index >= 15 is 0 Å². The molecule has 0 amide bonds. The molecule has 20 heavy (non-hydrogen) atoms. The fraction of sp³-hybridized carbons (Fsp3) is 0.143. The Bertz CT molecular complexity index is 723. The summed E-state index contributed by atoms with van der Waals surface area (Å²) in [5.41, 5.74) is 7.03. The molecule has 1 heterocycles. The van der Waals surface area contributed by atoms with Crippen LogP contribution in [0.4, 0.5) is 17.3 Å². The third-order valence-corrected chi connectivity index (χ3v) is 2.64. The van der Waals surface area contributed by atoms with Gasteiger partial charge in [0.15, 0.2) is 0 Å². The molecule has 6 nitrogen and oxygen atoms in total. The van der Waals surface area contributed by atoms with Crippen molar-refractivity contribution in [2.45, 2.75) is 13.3 Å². The van der Waals surface area contributed by atoms with E-state index < -0.39 is 0 Å². The van der Waals surface area contributed by atoms with Crippen LogP contribution in [0.2, 0.25) is 0 Å². The molecule has 0 bridgehead atoms. The monoisotopic (exact) mass is 264 g/mol. The molecule has 0 saturated carbocycles. The van der Waals surface area contributed by atoms with Crippen LogP contribution < -0.4 is 11.1 Å². The van der Waals surface area contributed by atoms with E-state index in [1.54, 1.807) is 24.3 Å². The maximum Gasteiger partial charge on any atom is 0.136 e. The summed E-state index contributed by atoms with van der Waals surface area (Å²) in [6.45, 7) is 1.94. The van der Waals surface area contributed by atoms with Gasteiger partial charge in [-0.15, -0.1) is 0 Å². The Morgan fingerprint density at radius 1 is 1.15 bits per heavy atom. The first-order chi connectivity index (χ1) is 9.66. The lowest BCUT2D eigenvalue weighted by molar-refractivity contribution is 0.948. The number of benzene rings is 1. The molecule has 0 saturated heterocycles. The average Bonchev–Trinajstić information content (AvgIpc) is 2.46. The van der Waals surface area contributed by atoms with Gasteiger partial charge in [0.05, 0.1) is 11.1 Å². The summed E-state index contributed by atoms with van der Waals surface area (Å²) in [4.78, 5) is 8.38. The molecule has 6 heteroatoms. The summed E-state index contributed by atoms with van der Waals surface area (Å²) in [5, 5.41) is 20.9. The van der Waals surface area contributed by atoms with E-state index in [0.29, 0.717) is 40.7 Å². The van der Waals surface area contributed by atoms with E-state index in [1.807, 2.05) is 19.1 Å². The van der Waals surface area contributed by atoms with E-state index in [4.69, 9.17) is 16.3 Å². The lowest BCUT2D eigenvalue weighted by Gasteiger charge is -2.08. The first-order valence-corrected chi connectivity index (χ1v) is 6.01. The number of hydrogen-bond donors (Lipinski definition) is 2. The van der Waals surface area contributed by atoms with Crippen molar-refractivity contribution < 1.29 is 0 Å². The van der Waals surface area contributed by atoms with Crippen LogP contribution in [0, 0.1) is 22.7 Å². The van der Waals surface area contributed by atoms with Crippen LogP contribution in [0.25, 0.3) is 0 Å². The normalized spacial score (nSPS) is 9.55. The van der Waals surface area contributed by atoms with Crippen molar-refractivity contribution in [2.24, 2.45) is 0 Å². The minimum atomic E-state index is 0.315. The van der Waals surface area contributed by atoms with E-state index in [0.717, 1.165) is 0 Å². The van der Waals surface area contributed by atoms with Gasteiger partial charge < -0.3 is 11.1 Å². The summed E-state index contributed by atoms with van der Waals surface area (Å²) in [6, 6.07) is 10.5. The molecule has 0 aliphatic heterocycles. The fourth-order valence-corrected chi connectivity index (χ4v) is 1.70. The van der Waals surface area contributed by atoms with Gasteiger partial charge in [0.25, 0.3) is 0 Å². The Labute approximate surface area is 116 Å². The van der Waals surface area contributed by atoms with E-state index in [2.05, 4.69) is 15.3 Å². The van der Waals surface area contributed by atoms with Gasteiger partial charge in [0, 0.05) is 18.2 Å². The van der Waals surface area contributed by atoms with Gasteiger partial charge in [-0.1, -0.05) is 6.92 Å². The van der Waals surface area contributed by atoms with Crippen LogP contribution in [0.5, 0.6) is 0 Å². The second kappa shape index (κ2) is 5.68. The summed E-state index contributed by atoms with van der Waals surface area (Å²) < 4.78 is 0. The number of hydrogen-bond acceptors (Lipinski definition) is 6. The van der Waals surface area contributed by atoms with E-state index in [1.165, 1.54) is 0 Å². The van der Waals surface area contributed by atoms with Crippen LogP contribution in [-0.4, -0.2) is 9.97 Å². The predicted molar refractivity (Wildman–Crippen MR) is 75.0 cm³/mol. The number of nitrogen functional groups attached to an aromatic ring is 1. The van der Waals surface area contributed by atoms with Crippen LogP contribution in [0.3, 0.4) is 0 Å². The lowest BCUT2D eigenvalue weighted by atomic mass is 10.1. The molecule has 0 radical (unpaired) electrons. The predicted octanol–water partition coefficient (Wildman–Crippen LogP) is 2.11. The quantitative estimate of drug-likeness (QED) is 0.878. The molecule has 3 N–H and O–H groups in total. The molecule has 98 valence electrons. The number of nitrogens with two attached hydrogens (primary N) is 1. The number of aromatic nitrogens is 2. The summed E-state index contributed by atoms with van der Waals surface area (Å²) in [7, 11) is 0. The maximum atomic E-state index is 8.99. The van der Waals surface area contributed by atoms with Crippen molar-refractivity contribution in [2.75, 3.05) is 11.1 Å². The Kier molecular flexibility index (Phi) is 3.78. The molecule has 1 aromatic carbocycles. The van der Waals surface area contributed by atoms with Crippen molar-refractivity contribution in [1.29, 1.82) is 10.5 Å². The van der Waals surface area contributed by atoms with Gasteiger partial charge in [-0.25, -0.2) is 9.97 Å². The summed E-state index contributed by atoms with van der Waals surface area (Å²) in [5.74, 6) is 1.58. The Balaban J connectivity index is 2.33. The molecule has 2 aromatic rings. The highest BCUT2D eigenvalue weighted by Gasteiger charge is 2.05. The average molecular weight is 264 g/mol. The molecular weight excluding hydrogens is 252 g/mol. The SMILES string of the molecule is CCc1nc(N)cc(Nc2ccc(C#N)c(C#N)c2)n1. The van der Waals surface area contributed by atoms with Gasteiger partial charge in [-0.2, -0.15) is 10.5 Å². The molecule has 1 aromatic heterocycles. The minimum absolute atomic E-state index is 0.315. The van der Waals surface area contributed by atoms with Crippen LogP contribution in [-0.2, 0) is 6.42 Å². The third-order valence-electron chi connectivity index (χ3n) is 2.64. The molecule has 0 fully saturated rings. The zero-order valence-electron chi connectivity index (χ0n) is 10.9. The zero-order chi connectivity index (χ0) is 14.5. The number of rotatable bonds is 3. The van der Waals surface area contributed by atoms with Crippen molar-refractivity contribution in [1.82, 2.24) is 9.97 Å². The largest absolute Gasteiger partial charge is 0.384 e. The fourth-order valence-electron chi connectivity index (χ4n) is 1.70. The van der Waals surface area contributed by atoms with Crippen LogP contribution >= 0.6 is 0 Å². The standard InChI is InChI=1S/C14H12N6/c1-2-13-19-12(17)6-14(20-13)18-11-4-3-9(7-15)10(5-11)8-16/h3-6H,2H2,1H3,(H3,17,18,19,20). The third kappa shape index (κ3) is 2.82. The molecule has 0 spiro atoms. The highest BCUT2D eigenvalue weighted by Crippen LogP contribution is 2.19. The Morgan fingerprint density at radius 3 is 2.55 bits per heavy atom. The van der Waals surface area contributed by atoms with Crippen molar-refractivity contribution in [3.63, 3.8) is 0 Å². The molecule has 2 rings (SSSR count). The van der Waals surface area contributed by atoms with Gasteiger partial charge >= 0.3 is 0 Å². The molecule has 0 aliphatic carbocycles. The topological polar surface area (TPSA) is 111 Å². The number of anilines is 3. The second-order valence-electron chi connectivity index (χ2n) is 4.06. The lowest BCUT2D eigenvalue weighted by Crippen LogP contribution is -2.03. The van der Waals surface area contributed by atoms with E-state index in [9.17, 15) is 0 Å². The number of nitrogens with one attached hydrogen (secondary N) is 1. The number of nitriles is 2. The highest BCUT2D eigenvalue weighted by atomic mass is 15.0. The first-order valence-electron chi connectivity index (χ1n) is 6.01. The second-order valence-corrected chi connectivity index (χ2v) is 4.06. The molecular formula is C14H12N6. The van der Waals surface area contributed by atoms with Crippen LogP contribution in [0.15, 0.2) is 24.3 Å². The Hall–Kier alpha value is -3.12. The van der Waals surface area contributed by atoms with Crippen LogP contribution in [0.1, 0.15) is 23.9 Å². The summed E-state index contributed by atoms with van der Waals surface area (Å²) >= 11 is 0. The molecule has 0 aliphatic rings. The van der Waals surface area contributed by atoms with Gasteiger partial charge in [0.2, 0.25) is 0 Å². The highest BCUT2D eigenvalue weighted by molar-refractivity contribution is 5.63. The van der Waals surface area contributed by atoms with Crippen molar-refractivity contribution in [3.8, 4) is 12.1 Å². The molecule has 0 unspecified atom stereocenters. The Morgan fingerprint density at radius 2 is 1.90 bits per heavy atom. The smallest absolute Gasteiger partial charge is 0.136 e. The minimum Gasteiger partial charge on any atom is -0.384 e. The van der Waals surface area contributed by atoms with Gasteiger partial charge in [-0.05, 0) is 18.2 Å². The molecule has 0 atom stereocenters. The number of nitrogens with zero attached hydrogens (tertiary/aromatic N) is 4. The number of aryl methyl sites for hydroxylation is 1.